The minimum atomic E-state index is -0.482. The fraction of sp³-hybridized carbons (Fsp3) is 0.0588. The first kappa shape index (κ1) is 15.6. The lowest BCUT2D eigenvalue weighted by Crippen LogP contribution is -2.14. The van der Waals surface area contributed by atoms with Crippen molar-refractivity contribution in [3.8, 4) is 6.07 Å². The van der Waals surface area contributed by atoms with E-state index in [2.05, 4.69) is 10.6 Å². The zero-order valence-electron chi connectivity index (χ0n) is 11.9. The second kappa shape index (κ2) is 7.30. The lowest BCUT2D eigenvalue weighted by molar-refractivity contribution is -0.112. The highest BCUT2D eigenvalue weighted by atomic mass is 35.5. The van der Waals surface area contributed by atoms with Crippen LogP contribution in [-0.4, -0.2) is 5.91 Å². The molecule has 0 atom stereocenters. The molecule has 1 amide bonds. The molecule has 0 heterocycles. The summed E-state index contributed by atoms with van der Waals surface area (Å²) in [6.07, 6.45) is 1.38. The summed E-state index contributed by atoms with van der Waals surface area (Å²) in [5.41, 5.74) is 2.49. The van der Waals surface area contributed by atoms with Crippen molar-refractivity contribution in [3.63, 3.8) is 0 Å². The van der Waals surface area contributed by atoms with Crippen molar-refractivity contribution in [2.75, 3.05) is 10.6 Å². The van der Waals surface area contributed by atoms with E-state index in [4.69, 9.17) is 16.9 Å². The summed E-state index contributed by atoms with van der Waals surface area (Å²) in [4.78, 5) is 12.0. The molecule has 0 spiro atoms. The third-order valence-electron chi connectivity index (χ3n) is 2.90. The maximum Gasteiger partial charge on any atom is 0.267 e. The predicted octanol–water partition coefficient (Wildman–Crippen LogP) is 4.11. The number of nitriles is 1. The second-order valence-corrected chi connectivity index (χ2v) is 5.08. The van der Waals surface area contributed by atoms with Crippen molar-refractivity contribution in [2.45, 2.75) is 6.92 Å². The van der Waals surface area contributed by atoms with Crippen LogP contribution in [0.25, 0.3) is 0 Å². The van der Waals surface area contributed by atoms with Gasteiger partial charge in [0, 0.05) is 22.6 Å². The largest absolute Gasteiger partial charge is 0.360 e. The maximum atomic E-state index is 12.0. The molecule has 22 heavy (non-hydrogen) atoms. The van der Waals surface area contributed by atoms with Gasteiger partial charge in [0.15, 0.2) is 0 Å². The monoisotopic (exact) mass is 311 g/mol. The lowest BCUT2D eigenvalue weighted by atomic mass is 10.2. The van der Waals surface area contributed by atoms with E-state index in [1.54, 1.807) is 24.3 Å². The number of halogens is 1. The summed E-state index contributed by atoms with van der Waals surface area (Å²) in [6.45, 7) is 1.99. The number of nitrogens with one attached hydrogen (secondary N) is 2. The Morgan fingerprint density at radius 2 is 1.68 bits per heavy atom. The Morgan fingerprint density at radius 1 is 1.09 bits per heavy atom. The average molecular weight is 312 g/mol. The summed E-state index contributed by atoms with van der Waals surface area (Å²) < 4.78 is 0. The first-order chi connectivity index (χ1) is 10.6. The number of aryl methyl sites for hydroxylation is 1. The molecule has 0 fully saturated rings. The molecular weight excluding hydrogens is 298 g/mol. The molecule has 0 aromatic heterocycles. The minimum absolute atomic E-state index is 0.0180. The van der Waals surface area contributed by atoms with E-state index in [0.29, 0.717) is 10.7 Å². The Kier molecular flexibility index (Phi) is 5.18. The van der Waals surface area contributed by atoms with Crippen molar-refractivity contribution < 1.29 is 4.79 Å². The van der Waals surface area contributed by atoms with E-state index in [0.717, 1.165) is 11.3 Å². The molecule has 110 valence electrons. The number of benzene rings is 2. The first-order valence-electron chi connectivity index (χ1n) is 6.59. The van der Waals surface area contributed by atoms with Crippen LogP contribution in [0.1, 0.15) is 5.56 Å². The number of anilines is 2. The molecule has 2 N–H and O–H groups in total. The zero-order valence-corrected chi connectivity index (χ0v) is 12.7. The molecule has 0 saturated heterocycles. The Labute approximate surface area is 134 Å². The normalized spacial score (nSPS) is 10.7. The summed E-state index contributed by atoms with van der Waals surface area (Å²) in [5.74, 6) is -0.482. The zero-order chi connectivity index (χ0) is 15.9. The number of nitrogens with zero attached hydrogens (tertiary/aromatic N) is 1. The predicted molar refractivity (Wildman–Crippen MR) is 88.6 cm³/mol. The second-order valence-electron chi connectivity index (χ2n) is 4.64. The van der Waals surface area contributed by atoms with Crippen LogP contribution in [0.5, 0.6) is 0 Å². The quantitative estimate of drug-likeness (QED) is 0.660. The van der Waals surface area contributed by atoms with Crippen molar-refractivity contribution in [1.29, 1.82) is 5.26 Å². The number of carbonyl (C=O) groups is 1. The van der Waals surface area contributed by atoms with E-state index in [-0.39, 0.29) is 5.57 Å². The van der Waals surface area contributed by atoms with Gasteiger partial charge in [0.1, 0.15) is 11.6 Å². The molecule has 0 aliphatic carbocycles. The fourth-order valence-electron chi connectivity index (χ4n) is 1.69. The standard InChI is InChI=1S/C17H14ClN3O/c1-12-2-6-15(7-3-12)20-11-13(10-19)17(22)21-16-8-4-14(18)5-9-16/h2-9,11,20H,1H3,(H,21,22)/b13-11-. The maximum absolute atomic E-state index is 12.0. The summed E-state index contributed by atoms with van der Waals surface area (Å²) in [6, 6.07) is 16.2. The van der Waals surface area contributed by atoms with Gasteiger partial charge in [-0.15, -0.1) is 0 Å². The molecule has 0 saturated carbocycles. The average Bonchev–Trinajstić information content (AvgIpc) is 2.52. The van der Waals surface area contributed by atoms with E-state index in [9.17, 15) is 4.79 Å². The van der Waals surface area contributed by atoms with E-state index in [1.807, 2.05) is 37.3 Å². The summed E-state index contributed by atoms with van der Waals surface area (Å²) in [7, 11) is 0. The summed E-state index contributed by atoms with van der Waals surface area (Å²) >= 11 is 5.78. The van der Waals surface area contributed by atoms with Crippen molar-refractivity contribution >= 4 is 28.9 Å². The molecule has 2 rings (SSSR count). The number of rotatable bonds is 4. The number of hydrogen-bond acceptors (Lipinski definition) is 3. The smallest absolute Gasteiger partial charge is 0.267 e. The third-order valence-corrected chi connectivity index (χ3v) is 3.15. The summed E-state index contributed by atoms with van der Waals surface area (Å²) in [5, 5.41) is 15.2. The Balaban J connectivity index is 2.05. The van der Waals surface area contributed by atoms with Gasteiger partial charge in [-0.3, -0.25) is 4.79 Å². The number of hydrogen-bond donors (Lipinski definition) is 2. The highest BCUT2D eigenvalue weighted by Crippen LogP contribution is 2.14. The molecule has 0 radical (unpaired) electrons. The molecular formula is C17H14ClN3O. The molecule has 0 bridgehead atoms. The van der Waals surface area contributed by atoms with Crippen LogP contribution in [0.4, 0.5) is 11.4 Å². The van der Waals surface area contributed by atoms with Gasteiger partial charge in [0.05, 0.1) is 0 Å². The molecule has 5 heteroatoms. The third kappa shape index (κ3) is 4.37. The van der Waals surface area contributed by atoms with E-state index < -0.39 is 5.91 Å². The highest BCUT2D eigenvalue weighted by molar-refractivity contribution is 6.30. The van der Waals surface area contributed by atoms with E-state index in [1.165, 1.54) is 6.20 Å². The SMILES string of the molecule is Cc1ccc(N/C=C(/C#N)C(=O)Nc2ccc(Cl)cc2)cc1. The van der Waals surface area contributed by atoms with Crippen LogP contribution in [-0.2, 0) is 4.79 Å². The van der Waals surface area contributed by atoms with Crippen molar-refractivity contribution in [3.05, 3.63) is 70.9 Å². The van der Waals surface area contributed by atoms with Crippen LogP contribution in [0.2, 0.25) is 5.02 Å². The van der Waals surface area contributed by atoms with Gasteiger partial charge < -0.3 is 10.6 Å². The van der Waals surface area contributed by atoms with Gasteiger partial charge in [-0.25, -0.2) is 0 Å². The topological polar surface area (TPSA) is 64.9 Å². The first-order valence-corrected chi connectivity index (χ1v) is 6.96. The van der Waals surface area contributed by atoms with Gasteiger partial charge in [0.2, 0.25) is 0 Å². The molecule has 4 nitrogen and oxygen atoms in total. The molecule has 0 aliphatic rings. The Bertz CT molecular complexity index is 728. The van der Waals surface area contributed by atoms with Crippen LogP contribution in [0.15, 0.2) is 60.3 Å². The van der Waals surface area contributed by atoms with Gasteiger partial charge >= 0.3 is 0 Å². The highest BCUT2D eigenvalue weighted by Gasteiger charge is 2.09. The molecule has 0 aliphatic heterocycles. The van der Waals surface area contributed by atoms with Gasteiger partial charge in [-0.05, 0) is 43.3 Å². The lowest BCUT2D eigenvalue weighted by Gasteiger charge is -2.05. The van der Waals surface area contributed by atoms with E-state index >= 15 is 0 Å². The fourth-order valence-corrected chi connectivity index (χ4v) is 1.81. The van der Waals surface area contributed by atoms with Gasteiger partial charge in [0.25, 0.3) is 5.91 Å². The van der Waals surface area contributed by atoms with Crippen molar-refractivity contribution in [2.24, 2.45) is 0 Å². The van der Waals surface area contributed by atoms with Crippen LogP contribution in [0, 0.1) is 18.3 Å². The Morgan fingerprint density at radius 3 is 2.27 bits per heavy atom. The number of amides is 1. The van der Waals surface area contributed by atoms with Crippen LogP contribution in [0.3, 0.4) is 0 Å². The molecule has 0 unspecified atom stereocenters. The van der Waals surface area contributed by atoms with Crippen LogP contribution < -0.4 is 10.6 Å². The molecule has 2 aromatic rings. The van der Waals surface area contributed by atoms with Crippen molar-refractivity contribution in [1.82, 2.24) is 0 Å². The van der Waals surface area contributed by atoms with Gasteiger partial charge in [-0.1, -0.05) is 29.3 Å². The van der Waals surface area contributed by atoms with Gasteiger partial charge in [-0.2, -0.15) is 5.26 Å². The minimum Gasteiger partial charge on any atom is -0.360 e. The molecule has 2 aromatic carbocycles. The Hall–Kier alpha value is -2.77. The van der Waals surface area contributed by atoms with Crippen LogP contribution >= 0.6 is 11.6 Å². The number of carbonyl (C=O) groups excluding carboxylic acids is 1.